The fourth-order valence-corrected chi connectivity index (χ4v) is 2.90. The zero-order valence-corrected chi connectivity index (χ0v) is 13.9. The van der Waals surface area contributed by atoms with E-state index in [2.05, 4.69) is 4.74 Å². The van der Waals surface area contributed by atoms with E-state index in [9.17, 15) is 14.4 Å². The molecular weight excluding hydrogens is 318 g/mol. The van der Waals surface area contributed by atoms with Gasteiger partial charge < -0.3 is 9.47 Å². The number of amides is 2. The maximum atomic E-state index is 12.2. The number of rotatable bonds is 5. The Morgan fingerprint density at radius 1 is 1.26 bits per heavy atom. The monoisotopic (exact) mass is 335 g/mol. The van der Waals surface area contributed by atoms with Crippen molar-refractivity contribution in [2.45, 2.75) is 19.9 Å². The summed E-state index contributed by atoms with van der Waals surface area (Å²) in [6, 6.07) is 6.69. The summed E-state index contributed by atoms with van der Waals surface area (Å²) in [5, 5.41) is -0.255. The van der Waals surface area contributed by atoms with Crippen LogP contribution in [0.4, 0.5) is 4.79 Å². The second-order valence-corrected chi connectivity index (χ2v) is 6.07. The highest BCUT2D eigenvalue weighted by molar-refractivity contribution is 8.18. The minimum atomic E-state index is -0.462. The number of esters is 1. The van der Waals surface area contributed by atoms with Crippen LogP contribution in [0.5, 0.6) is 5.75 Å². The molecule has 1 fully saturated rings. The second-order valence-electron chi connectivity index (χ2n) is 5.08. The first kappa shape index (κ1) is 17.1. The molecule has 0 saturated carbocycles. The van der Waals surface area contributed by atoms with Crippen molar-refractivity contribution in [2.75, 3.05) is 13.7 Å². The van der Waals surface area contributed by atoms with Gasteiger partial charge in [-0.15, -0.1) is 0 Å². The Balaban J connectivity index is 2.07. The molecule has 7 heteroatoms. The Hall–Kier alpha value is -2.28. The summed E-state index contributed by atoms with van der Waals surface area (Å²) in [5.74, 6) is -0.222. The Morgan fingerprint density at radius 3 is 2.43 bits per heavy atom. The lowest BCUT2D eigenvalue weighted by Crippen LogP contribution is -2.34. The zero-order chi connectivity index (χ0) is 17.0. The number of ether oxygens (including phenoxy) is 2. The maximum Gasteiger partial charge on any atom is 0.343 e. The minimum Gasteiger partial charge on any atom is -0.482 e. The molecule has 0 bridgehead atoms. The summed E-state index contributed by atoms with van der Waals surface area (Å²) in [6.45, 7) is 3.43. The molecule has 0 aliphatic carbocycles. The topological polar surface area (TPSA) is 72.9 Å². The van der Waals surface area contributed by atoms with E-state index in [4.69, 9.17) is 4.74 Å². The minimum absolute atomic E-state index is 0.164. The molecule has 0 aromatic heterocycles. The van der Waals surface area contributed by atoms with Crippen molar-refractivity contribution in [1.29, 1.82) is 0 Å². The average Bonchev–Trinajstić information content (AvgIpc) is 2.80. The molecule has 0 unspecified atom stereocenters. The highest BCUT2D eigenvalue weighted by atomic mass is 32.2. The standard InChI is InChI=1S/C16H17NO5S/c1-10(2)17-15(19)13(23-16(17)20)8-11-4-6-12(7-5-11)22-9-14(18)21-3/h4-8,10H,9H2,1-3H3/b13-8+. The van der Waals surface area contributed by atoms with Gasteiger partial charge in [0.25, 0.3) is 11.1 Å². The van der Waals surface area contributed by atoms with E-state index in [1.807, 2.05) is 0 Å². The first-order valence-corrected chi connectivity index (χ1v) is 7.80. The van der Waals surface area contributed by atoms with Gasteiger partial charge in [-0.1, -0.05) is 12.1 Å². The number of nitrogens with zero attached hydrogens (tertiary/aromatic N) is 1. The van der Waals surface area contributed by atoms with Gasteiger partial charge in [0.2, 0.25) is 0 Å². The van der Waals surface area contributed by atoms with Crippen LogP contribution in [-0.2, 0) is 14.3 Å². The van der Waals surface area contributed by atoms with Crippen LogP contribution in [0.3, 0.4) is 0 Å². The quantitative estimate of drug-likeness (QED) is 0.608. The SMILES string of the molecule is COC(=O)COc1ccc(/C=C2/SC(=O)N(C(C)C)C2=O)cc1. The summed E-state index contributed by atoms with van der Waals surface area (Å²) >= 11 is 0.932. The number of hydrogen-bond donors (Lipinski definition) is 0. The number of carbonyl (C=O) groups excluding carboxylic acids is 3. The molecule has 1 aromatic carbocycles. The van der Waals surface area contributed by atoms with Crippen LogP contribution in [0.25, 0.3) is 6.08 Å². The molecule has 0 radical (unpaired) electrons. The summed E-state index contributed by atoms with van der Waals surface area (Å²) < 4.78 is 9.73. The van der Waals surface area contributed by atoms with Crippen molar-refractivity contribution >= 4 is 35.0 Å². The molecule has 0 atom stereocenters. The van der Waals surface area contributed by atoms with Crippen molar-refractivity contribution in [1.82, 2.24) is 4.90 Å². The predicted molar refractivity (Wildman–Crippen MR) is 86.9 cm³/mol. The van der Waals surface area contributed by atoms with E-state index in [0.717, 1.165) is 17.3 Å². The summed E-state index contributed by atoms with van der Waals surface area (Å²) in [7, 11) is 1.29. The van der Waals surface area contributed by atoms with Gasteiger partial charge in [-0.05, 0) is 49.4 Å². The Kier molecular flexibility index (Phi) is 5.44. The summed E-state index contributed by atoms with van der Waals surface area (Å²) in [5.41, 5.74) is 0.768. The van der Waals surface area contributed by atoms with E-state index < -0.39 is 5.97 Å². The van der Waals surface area contributed by atoms with Crippen molar-refractivity contribution in [3.8, 4) is 5.75 Å². The van der Waals surface area contributed by atoms with Crippen LogP contribution in [0, 0.1) is 0 Å². The van der Waals surface area contributed by atoms with E-state index in [1.54, 1.807) is 44.2 Å². The molecular formula is C16H17NO5S. The third-order valence-electron chi connectivity index (χ3n) is 3.10. The number of hydrogen-bond acceptors (Lipinski definition) is 6. The normalized spacial score (nSPS) is 16.3. The van der Waals surface area contributed by atoms with Crippen LogP contribution >= 0.6 is 11.8 Å². The van der Waals surface area contributed by atoms with E-state index in [1.165, 1.54) is 12.0 Å². The van der Waals surface area contributed by atoms with Crippen molar-refractivity contribution in [3.63, 3.8) is 0 Å². The van der Waals surface area contributed by atoms with E-state index >= 15 is 0 Å². The van der Waals surface area contributed by atoms with E-state index in [-0.39, 0.29) is 23.8 Å². The Labute approximate surface area is 138 Å². The highest BCUT2D eigenvalue weighted by Crippen LogP contribution is 2.33. The number of methoxy groups -OCH3 is 1. The number of imide groups is 1. The number of benzene rings is 1. The average molecular weight is 335 g/mol. The third-order valence-corrected chi connectivity index (χ3v) is 3.99. The lowest BCUT2D eigenvalue weighted by molar-refractivity contribution is -0.142. The predicted octanol–water partition coefficient (Wildman–Crippen LogP) is 2.68. The summed E-state index contributed by atoms with van der Waals surface area (Å²) in [6.07, 6.45) is 1.66. The molecule has 2 amide bonds. The third kappa shape index (κ3) is 4.13. The lowest BCUT2D eigenvalue weighted by Gasteiger charge is -2.16. The number of carbonyl (C=O) groups is 3. The van der Waals surface area contributed by atoms with Crippen LogP contribution in [0.15, 0.2) is 29.2 Å². The molecule has 1 aromatic rings. The fraction of sp³-hybridized carbons (Fsp3) is 0.312. The highest BCUT2D eigenvalue weighted by Gasteiger charge is 2.36. The molecule has 6 nitrogen and oxygen atoms in total. The van der Waals surface area contributed by atoms with Crippen LogP contribution in [0.1, 0.15) is 19.4 Å². The van der Waals surface area contributed by atoms with Crippen LogP contribution in [-0.4, -0.2) is 41.8 Å². The molecule has 23 heavy (non-hydrogen) atoms. The largest absolute Gasteiger partial charge is 0.482 e. The molecule has 122 valence electrons. The van der Waals surface area contributed by atoms with Gasteiger partial charge in [-0.2, -0.15) is 0 Å². The Morgan fingerprint density at radius 2 is 1.91 bits per heavy atom. The number of thioether (sulfide) groups is 1. The second kappa shape index (κ2) is 7.32. The van der Waals surface area contributed by atoms with Gasteiger partial charge in [0.15, 0.2) is 6.61 Å². The van der Waals surface area contributed by atoms with Gasteiger partial charge in [-0.3, -0.25) is 14.5 Å². The zero-order valence-electron chi connectivity index (χ0n) is 13.1. The first-order valence-electron chi connectivity index (χ1n) is 6.99. The fourth-order valence-electron chi connectivity index (χ4n) is 1.94. The van der Waals surface area contributed by atoms with Gasteiger partial charge >= 0.3 is 5.97 Å². The van der Waals surface area contributed by atoms with Gasteiger partial charge in [0, 0.05) is 6.04 Å². The molecule has 0 spiro atoms. The van der Waals surface area contributed by atoms with E-state index in [0.29, 0.717) is 10.7 Å². The van der Waals surface area contributed by atoms with Crippen molar-refractivity contribution in [2.24, 2.45) is 0 Å². The van der Waals surface area contributed by atoms with Crippen molar-refractivity contribution < 1.29 is 23.9 Å². The van der Waals surface area contributed by atoms with Gasteiger partial charge in [0.05, 0.1) is 12.0 Å². The van der Waals surface area contributed by atoms with Crippen molar-refractivity contribution in [3.05, 3.63) is 34.7 Å². The molecule has 0 N–H and O–H groups in total. The molecule has 1 heterocycles. The smallest absolute Gasteiger partial charge is 0.343 e. The molecule has 1 saturated heterocycles. The molecule has 2 rings (SSSR count). The maximum absolute atomic E-state index is 12.2. The Bertz CT molecular complexity index is 651. The lowest BCUT2D eigenvalue weighted by atomic mass is 10.2. The van der Waals surface area contributed by atoms with Gasteiger partial charge in [-0.25, -0.2) is 4.79 Å². The summed E-state index contributed by atoms with van der Waals surface area (Å²) in [4.78, 5) is 36.6. The van der Waals surface area contributed by atoms with Gasteiger partial charge in [0.1, 0.15) is 5.75 Å². The molecule has 1 aliphatic heterocycles. The van der Waals surface area contributed by atoms with Crippen LogP contribution in [0.2, 0.25) is 0 Å². The van der Waals surface area contributed by atoms with Crippen LogP contribution < -0.4 is 4.74 Å². The molecule has 1 aliphatic rings. The first-order chi connectivity index (χ1) is 10.9.